The van der Waals surface area contributed by atoms with Crippen LogP contribution in [0.15, 0.2) is 49.1 Å². The van der Waals surface area contributed by atoms with Crippen molar-refractivity contribution in [2.45, 2.75) is 0 Å². The number of nitrogens with zero attached hydrogens (tertiary/aromatic N) is 2. The maximum Gasteiger partial charge on any atom is 0.173 e. The lowest BCUT2D eigenvalue weighted by atomic mass is 10.4. The van der Waals surface area contributed by atoms with Gasteiger partial charge in [-0.3, -0.25) is 9.97 Å². The fourth-order valence-electron chi connectivity index (χ4n) is 0.948. The summed E-state index contributed by atoms with van der Waals surface area (Å²) < 4.78 is 0. The second-order valence-corrected chi connectivity index (χ2v) is 2.63. The fourth-order valence-corrected chi connectivity index (χ4v) is 0.948. The second kappa shape index (κ2) is 4.23. The summed E-state index contributed by atoms with van der Waals surface area (Å²) in [5, 5.41) is 0. The Morgan fingerprint density at radius 1 is 1.00 bits per heavy atom. The Kier molecular flexibility index (Phi) is 2.56. The van der Waals surface area contributed by atoms with E-state index in [2.05, 4.69) is 15.4 Å². The lowest BCUT2D eigenvalue weighted by molar-refractivity contribution is 0.403. The number of hydrogen-bond donors (Lipinski definition) is 1. The molecule has 0 saturated carbocycles. The van der Waals surface area contributed by atoms with Crippen molar-refractivity contribution >= 4 is 5.69 Å². The molecule has 0 unspecified atom stereocenters. The fraction of sp³-hybridized carbons (Fsp3) is 0. The van der Waals surface area contributed by atoms with Crippen molar-refractivity contribution in [3.05, 3.63) is 49.1 Å². The minimum absolute atomic E-state index is 0.663. The van der Waals surface area contributed by atoms with Crippen LogP contribution >= 0.6 is 0 Å². The Bertz CT molecular complexity index is 338. The molecule has 0 aliphatic carbocycles. The van der Waals surface area contributed by atoms with E-state index in [9.17, 15) is 0 Å². The van der Waals surface area contributed by atoms with Crippen LogP contribution in [-0.2, 0) is 0 Å². The summed E-state index contributed by atoms with van der Waals surface area (Å²) in [6.07, 6.45) is 6.70. The van der Waals surface area contributed by atoms with E-state index in [-0.39, 0.29) is 0 Å². The minimum Gasteiger partial charge on any atom is -0.380 e. The average molecular weight is 187 g/mol. The van der Waals surface area contributed by atoms with E-state index >= 15 is 0 Å². The molecule has 1 N–H and O–H groups in total. The third kappa shape index (κ3) is 2.20. The molecule has 70 valence electrons. The quantitative estimate of drug-likeness (QED) is 0.745. The number of pyridine rings is 2. The van der Waals surface area contributed by atoms with E-state index in [1.54, 1.807) is 30.9 Å². The van der Waals surface area contributed by atoms with Crippen LogP contribution in [0.5, 0.6) is 5.75 Å². The molecule has 0 atom stereocenters. The Morgan fingerprint density at radius 2 is 1.79 bits per heavy atom. The maximum atomic E-state index is 5.24. The van der Waals surface area contributed by atoms with Gasteiger partial charge in [0.25, 0.3) is 0 Å². The molecule has 14 heavy (non-hydrogen) atoms. The van der Waals surface area contributed by atoms with Gasteiger partial charge in [-0.2, -0.15) is 0 Å². The molecule has 0 aromatic carbocycles. The van der Waals surface area contributed by atoms with Gasteiger partial charge >= 0.3 is 0 Å². The SMILES string of the molecule is c1cncc(NOc2cccnc2)c1. The summed E-state index contributed by atoms with van der Waals surface area (Å²) in [4.78, 5) is 13.1. The standard InChI is InChI=1S/C10H9N3O/c1-3-9(7-11-5-1)13-14-10-4-2-6-12-8-10/h1-8,13H. The van der Waals surface area contributed by atoms with Crippen LogP contribution < -0.4 is 10.3 Å². The highest BCUT2D eigenvalue weighted by Crippen LogP contribution is 2.08. The molecule has 0 aliphatic heterocycles. The van der Waals surface area contributed by atoms with Crippen LogP contribution in [0.2, 0.25) is 0 Å². The van der Waals surface area contributed by atoms with Gasteiger partial charge in [0.1, 0.15) is 0 Å². The van der Waals surface area contributed by atoms with Gasteiger partial charge in [0.2, 0.25) is 0 Å². The number of aromatic nitrogens is 2. The average Bonchev–Trinajstić information content (AvgIpc) is 2.29. The molecule has 0 amide bonds. The van der Waals surface area contributed by atoms with Gasteiger partial charge in [0.15, 0.2) is 5.75 Å². The highest BCUT2D eigenvalue weighted by atomic mass is 16.6. The van der Waals surface area contributed by atoms with Gasteiger partial charge in [0.05, 0.1) is 18.1 Å². The molecule has 0 radical (unpaired) electrons. The van der Waals surface area contributed by atoms with E-state index < -0.39 is 0 Å². The first-order valence-electron chi connectivity index (χ1n) is 4.18. The van der Waals surface area contributed by atoms with Crippen LogP contribution in [0, 0.1) is 0 Å². The summed E-state index contributed by atoms with van der Waals surface area (Å²) in [6.45, 7) is 0. The smallest absolute Gasteiger partial charge is 0.173 e. The van der Waals surface area contributed by atoms with Crippen molar-refractivity contribution < 1.29 is 4.84 Å². The Labute approximate surface area is 81.5 Å². The lowest BCUT2D eigenvalue weighted by Gasteiger charge is -2.06. The predicted octanol–water partition coefficient (Wildman–Crippen LogP) is 1.88. The van der Waals surface area contributed by atoms with Gasteiger partial charge in [-0.05, 0) is 24.3 Å². The second-order valence-electron chi connectivity index (χ2n) is 2.63. The number of anilines is 1. The molecular formula is C10H9N3O. The summed E-state index contributed by atoms with van der Waals surface area (Å²) in [6, 6.07) is 7.31. The molecule has 2 rings (SSSR count). The molecule has 0 bridgehead atoms. The molecule has 0 aliphatic rings. The minimum atomic E-state index is 0.663. The molecular weight excluding hydrogens is 178 g/mol. The van der Waals surface area contributed by atoms with Crippen LogP contribution in [0.1, 0.15) is 0 Å². The van der Waals surface area contributed by atoms with Gasteiger partial charge in [-0.15, -0.1) is 0 Å². The highest BCUT2D eigenvalue weighted by molar-refractivity contribution is 5.38. The summed E-state index contributed by atoms with van der Waals surface area (Å²) >= 11 is 0. The monoisotopic (exact) mass is 187 g/mol. The van der Waals surface area contributed by atoms with E-state index in [0.717, 1.165) is 5.69 Å². The van der Waals surface area contributed by atoms with Crippen molar-refractivity contribution in [1.29, 1.82) is 0 Å². The van der Waals surface area contributed by atoms with E-state index in [4.69, 9.17) is 4.84 Å². The first-order valence-corrected chi connectivity index (χ1v) is 4.18. The number of hydrogen-bond acceptors (Lipinski definition) is 4. The number of rotatable bonds is 3. The van der Waals surface area contributed by atoms with Gasteiger partial charge in [-0.25, -0.2) is 5.48 Å². The zero-order valence-electron chi connectivity index (χ0n) is 7.42. The maximum absolute atomic E-state index is 5.24. The van der Waals surface area contributed by atoms with E-state index in [0.29, 0.717) is 5.75 Å². The Morgan fingerprint density at radius 3 is 2.43 bits per heavy atom. The molecule has 2 aromatic rings. The van der Waals surface area contributed by atoms with Gasteiger partial charge in [-0.1, -0.05) is 0 Å². The topological polar surface area (TPSA) is 47.0 Å². The summed E-state index contributed by atoms with van der Waals surface area (Å²) in [5.41, 5.74) is 3.56. The van der Waals surface area contributed by atoms with Gasteiger partial charge in [0, 0.05) is 12.4 Å². The first-order chi connectivity index (χ1) is 6.95. The molecule has 4 nitrogen and oxygen atoms in total. The van der Waals surface area contributed by atoms with Crippen LogP contribution in [-0.4, -0.2) is 9.97 Å². The molecule has 0 fully saturated rings. The van der Waals surface area contributed by atoms with Crippen molar-refractivity contribution in [2.75, 3.05) is 5.48 Å². The molecule has 4 heteroatoms. The lowest BCUT2D eigenvalue weighted by Crippen LogP contribution is -2.04. The van der Waals surface area contributed by atoms with E-state index in [1.807, 2.05) is 18.2 Å². The van der Waals surface area contributed by atoms with Gasteiger partial charge < -0.3 is 4.84 Å². The third-order valence-corrected chi connectivity index (χ3v) is 1.58. The third-order valence-electron chi connectivity index (χ3n) is 1.58. The Balaban J connectivity index is 1.96. The van der Waals surface area contributed by atoms with Crippen molar-refractivity contribution in [3.63, 3.8) is 0 Å². The zero-order valence-corrected chi connectivity index (χ0v) is 7.42. The molecule has 2 heterocycles. The van der Waals surface area contributed by atoms with Crippen LogP contribution in [0.25, 0.3) is 0 Å². The van der Waals surface area contributed by atoms with Crippen LogP contribution in [0.3, 0.4) is 0 Å². The van der Waals surface area contributed by atoms with Crippen molar-refractivity contribution in [1.82, 2.24) is 9.97 Å². The Hall–Kier alpha value is -2.10. The summed E-state index contributed by atoms with van der Waals surface area (Å²) in [7, 11) is 0. The van der Waals surface area contributed by atoms with Crippen LogP contribution in [0.4, 0.5) is 5.69 Å². The van der Waals surface area contributed by atoms with E-state index in [1.165, 1.54) is 0 Å². The normalized spacial score (nSPS) is 9.43. The molecule has 0 saturated heterocycles. The predicted molar refractivity (Wildman–Crippen MR) is 52.7 cm³/mol. The molecule has 2 aromatic heterocycles. The van der Waals surface area contributed by atoms with Crippen molar-refractivity contribution in [3.8, 4) is 5.75 Å². The molecule has 0 spiro atoms. The number of nitrogens with one attached hydrogen (secondary N) is 1. The zero-order chi connectivity index (χ0) is 9.64. The van der Waals surface area contributed by atoms with Crippen molar-refractivity contribution in [2.24, 2.45) is 0 Å². The highest BCUT2D eigenvalue weighted by Gasteiger charge is 1.92. The summed E-state index contributed by atoms with van der Waals surface area (Å²) in [5.74, 6) is 0.663. The largest absolute Gasteiger partial charge is 0.380 e. The first kappa shape index (κ1) is 8.50.